The van der Waals surface area contributed by atoms with Crippen molar-refractivity contribution in [2.45, 2.75) is 26.9 Å². The zero-order valence-corrected chi connectivity index (χ0v) is 13.7. The first kappa shape index (κ1) is 17.9. The Kier molecular flexibility index (Phi) is 6.74. The van der Waals surface area contributed by atoms with Crippen LogP contribution in [0.5, 0.6) is 11.5 Å². The lowest BCUT2D eigenvalue weighted by Crippen LogP contribution is -2.08. The van der Waals surface area contributed by atoms with Gasteiger partial charge >= 0.3 is 5.97 Å². The smallest absolute Gasteiger partial charge is 0.348 e. The predicted octanol–water partition coefficient (Wildman–Crippen LogP) is 3.61. The minimum atomic E-state index is -0.678. The SMILES string of the molecule is CCOC(=O)/C(C#N)=C/c1cc(Cl)c(OC(C)C)c(OC)c1. The number of benzene rings is 1. The first-order chi connectivity index (χ1) is 10.4. The summed E-state index contributed by atoms with van der Waals surface area (Å²) in [4.78, 5) is 11.6. The summed E-state index contributed by atoms with van der Waals surface area (Å²) in [6, 6.07) is 5.04. The van der Waals surface area contributed by atoms with Gasteiger partial charge in [0.05, 0.1) is 24.8 Å². The molecule has 0 aromatic heterocycles. The average molecular weight is 324 g/mol. The molecule has 118 valence electrons. The molecule has 22 heavy (non-hydrogen) atoms. The Morgan fingerprint density at radius 1 is 1.45 bits per heavy atom. The van der Waals surface area contributed by atoms with Crippen LogP contribution in [-0.4, -0.2) is 25.8 Å². The van der Waals surface area contributed by atoms with E-state index in [2.05, 4.69) is 0 Å². The standard InChI is InChI=1S/C16H18ClNO4/c1-5-21-16(19)12(9-18)6-11-7-13(17)15(22-10(2)3)14(8-11)20-4/h6-8,10H,5H2,1-4H3/b12-6+. The highest BCUT2D eigenvalue weighted by molar-refractivity contribution is 6.32. The molecule has 0 spiro atoms. The molecule has 0 radical (unpaired) electrons. The average Bonchev–Trinajstić information content (AvgIpc) is 2.46. The fraction of sp³-hybridized carbons (Fsp3) is 0.375. The Morgan fingerprint density at radius 3 is 2.64 bits per heavy atom. The van der Waals surface area contributed by atoms with E-state index in [1.165, 1.54) is 13.2 Å². The number of ether oxygens (including phenoxy) is 3. The van der Waals surface area contributed by atoms with Gasteiger partial charge in [-0.25, -0.2) is 4.79 Å². The van der Waals surface area contributed by atoms with Crippen molar-refractivity contribution in [2.24, 2.45) is 0 Å². The van der Waals surface area contributed by atoms with Crippen molar-refractivity contribution in [1.29, 1.82) is 5.26 Å². The molecular weight excluding hydrogens is 306 g/mol. The van der Waals surface area contributed by atoms with E-state index in [0.29, 0.717) is 22.1 Å². The molecule has 6 heteroatoms. The molecule has 0 saturated heterocycles. The van der Waals surface area contributed by atoms with Crippen LogP contribution in [0.1, 0.15) is 26.3 Å². The molecule has 1 aromatic rings. The number of hydrogen-bond acceptors (Lipinski definition) is 5. The highest BCUT2D eigenvalue weighted by Gasteiger charge is 2.15. The van der Waals surface area contributed by atoms with Crippen LogP contribution >= 0.6 is 11.6 Å². The van der Waals surface area contributed by atoms with E-state index >= 15 is 0 Å². The number of carbonyl (C=O) groups is 1. The Hall–Kier alpha value is -2.19. The second-order valence-corrected chi connectivity index (χ2v) is 5.00. The molecule has 0 saturated carbocycles. The number of hydrogen-bond donors (Lipinski definition) is 0. The van der Waals surface area contributed by atoms with Crippen LogP contribution in [0, 0.1) is 11.3 Å². The van der Waals surface area contributed by atoms with Gasteiger partial charge in [0.1, 0.15) is 11.6 Å². The van der Waals surface area contributed by atoms with Gasteiger partial charge in [0.15, 0.2) is 11.5 Å². The summed E-state index contributed by atoms with van der Waals surface area (Å²) in [6.45, 7) is 5.62. The number of rotatable bonds is 6. The molecule has 0 bridgehead atoms. The molecule has 0 unspecified atom stereocenters. The quantitative estimate of drug-likeness (QED) is 0.454. The molecule has 0 amide bonds. The zero-order chi connectivity index (χ0) is 16.7. The van der Waals surface area contributed by atoms with Gasteiger partial charge in [0.25, 0.3) is 0 Å². The Morgan fingerprint density at radius 2 is 2.14 bits per heavy atom. The summed E-state index contributed by atoms with van der Waals surface area (Å²) in [5, 5.41) is 9.38. The maximum Gasteiger partial charge on any atom is 0.348 e. The Labute approximate surface area is 135 Å². The lowest BCUT2D eigenvalue weighted by Gasteiger charge is -2.15. The van der Waals surface area contributed by atoms with E-state index < -0.39 is 5.97 Å². The molecule has 5 nitrogen and oxygen atoms in total. The third-order valence-electron chi connectivity index (χ3n) is 2.53. The first-order valence-electron chi connectivity index (χ1n) is 6.76. The molecule has 0 atom stereocenters. The largest absolute Gasteiger partial charge is 0.493 e. The lowest BCUT2D eigenvalue weighted by atomic mass is 10.1. The maximum absolute atomic E-state index is 11.6. The van der Waals surface area contributed by atoms with Gasteiger partial charge < -0.3 is 14.2 Å². The van der Waals surface area contributed by atoms with Crippen LogP contribution < -0.4 is 9.47 Å². The summed E-state index contributed by atoms with van der Waals surface area (Å²) in [6.07, 6.45) is 1.33. The molecule has 0 N–H and O–H groups in total. The van der Waals surface area contributed by atoms with Crippen molar-refractivity contribution in [3.8, 4) is 17.6 Å². The molecule has 0 aliphatic rings. The van der Waals surface area contributed by atoms with Crippen molar-refractivity contribution in [2.75, 3.05) is 13.7 Å². The summed E-state index contributed by atoms with van der Waals surface area (Å²) in [5.41, 5.74) is 0.431. The van der Waals surface area contributed by atoms with Crippen LogP contribution in [0.25, 0.3) is 6.08 Å². The van der Waals surface area contributed by atoms with E-state index in [1.54, 1.807) is 19.1 Å². The molecule has 0 heterocycles. The monoisotopic (exact) mass is 323 g/mol. The predicted molar refractivity (Wildman–Crippen MR) is 84.0 cm³/mol. The van der Waals surface area contributed by atoms with Crippen LogP contribution in [-0.2, 0) is 9.53 Å². The van der Waals surface area contributed by atoms with Crippen molar-refractivity contribution < 1.29 is 19.0 Å². The molecule has 1 aromatic carbocycles. The highest BCUT2D eigenvalue weighted by Crippen LogP contribution is 2.37. The summed E-state index contributed by atoms with van der Waals surface area (Å²) in [5.74, 6) is 0.169. The van der Waals surface area contributed by atoms with Crippen molar-refractivity contribution in [1.82, 2.24) is 0 Å². The number of nitriles is 1. The minimum Gasteiger partial charge on any atom is -0.493 e. The molecule has 1 rings (SSSR count). The normalized spacial score (nSPS) is 11.0. The van der Waals surface area contributed by atoms with Gasteiger partial charge in [-0.1, -0.05) is 11.6 Å². The van der Waals surface area contributed by atoms with Crippen LogP contribution in [0.2, 0.25) is 5.02 Å². The topological polar surface area (TPSA) is 68.6 Å². The van der Waals surface area contributed by atoms with Gasteiger partial charge in [-0.15, -0.1) is 0 Å². The fourth-order valence-electron chi connectivity index (χ4n) is 1.69. The number of halogens is 1. The lowest BCUT2D eigenvalue weighted by molar-refractivity contribution is -0.137. The van der Waals surface area contributed by atoms with E-state index in [1.807, 2.05) is 19.9 Å². The highest BCUT2D eigenvalue weighted by atomic mass is 35.5. The summed E-state index contributed by atoms with van der Waals surface area (Å²) in [7, 11) is 1.49. The zero-order valence-electron chi connectivity index (χ0n) is 13.0. The summed E-state index contributed by atoms with van der Waals surface area (Å²) < 4.78 is 15.7. The van der Waals surface area contributed by atoms with Crippen LogP contribution in [0.4, 0.5) is 0 Å². The molecule has 0 aliphatic heterocycles. The molecular formula is C16H18ClNO4. The van der Waals surface area contributed by atoms with E-state index in [-0.39, 0.29) is 18.3 Å². The maximum atomic E-state index is 11.6. The van der Waals surface area contributed by atoms with E-state index in [4.69, 9.17) is 31.1 Å². The minimum absolute atomic E-state index is 0.0676. The van der Waals surface area contributed by atoms with Gasteiger partial charge in [0.2, 0.25) is 0 Å². The fourth-order valence-corrected chi connectivity index (χ4v) is 1.95. The third-order valence-corrected chi connectivity index (χ3v) is 2.81. The second-order valence-electron chi connectivity index (χ2n) is 4.59. The van der Waals surface area contributed by atoms with Gasteiger partial charge in [-0.3, -0.25) is 0 Å². The number of nitrogens with zero attached hydrogens (tertiary/aromatic N) is 1. The third kappa shape index (κ3) is 4.68. The number of carbonyl (C=O) groups excluding carboxylic acids is 1. The molecule has 0 fully saturated rings. The van der Waals surface area contributed by atoms with Gasteiger partial charge in [-0.05, 0) is 44.5 Å². The first-order valence-corrected chi connectivity index (χ1v) is 7.13. The van der Waals surface area contributed by atoms with E-state index in [0.717, 1.165) is 0 Å². The van der Waals surface area contributed by atoms with E-state index in [9.17, 15) is 4.79 Å². The van der Waals surface area contributed by atoms with Crippen LogP contribution in [0.15, 0.2) is 17.7 Å². The molecule has 0 aliphatic carbocycles. The Bertz CT molecular complexity index is 617. The number of methoxy groups -OCH3 is 1. The second kappa shape index (κ2) is 8.30. The number of esters is 1. The van der Waals surface area contributed by atoms with Crippen molar-refractivity contribution in [3.05, 3.63) is 28.3 Å². The summed E-state index contributed by atoms with van der Waals surface area (Å²) >= 11 is 6.19. The Balaban J connectivity index is 3.24. The van der Waals surface area contributed by atoms with Crippen LogP contribution in [0.3, 0.4) is 0 Å². The van der Waals surface area contributed by atoms with Crippen molar-refractivity contribution >= 4 is 23.6 Å². The van der Waals surface area contributed by atoms with Gasteiger partial charge in [0, 0.05) is 0 Å². The van der Waals surface area contributed by atoms with Crippen molar-refractivity contribution in [3.63, 3.8) is 0 Å². The van der Waals surface area contributed by atoms with Gasteiger partial charge in [-0.2, -0.15) is 5.26 Å².